The largest absolute Gasteiger partial charge is 0.392 e. The van der Waals surface area contributed by atoms with Crippen LogP contribution in [0, 0.1) is 11.3 Å². The van der Waals surface area contributed by atoms with E-state index in [-0.39, 0.29) is 5.92 Å². The van der Waals surface area contributed by atoms with Crippen LogP contribution in [0.5, 0.6) is 0 Å². The maximum Gasteiger partial charge on any atom is 0.0638 e. The molecule has 2 heteroatoms. The van der Waals surface area contributed by atoms with Crippen molar-refractivity contribution in [1.82, 2.24) is 0 Å². The molecular formula is C10H22O2. The summed E-state index contributed by atoms with van der Waals surface area (Å²) in [5, 5.41) is 19.4. The van der Waals surface area contributed by atoms with Crippen LogP contribution >= 0.6 is 0 Å². The van der Waals surface area contributed by atoms with Crippen molar-refractivity contribution in [3.63, 3.8) is 0 Å². The molecule has 0 spiro atoms. The molecule has 2 unspecified atom stereocenters. The van der Waals surface area contributed by atoms with Crippen molar-refractivity contribution in [3.05, 3.63) is 0 Å². The van der Waals surface area contributed by atoms with Crippen molar-refractivity contribution in [3.8, 4) is 0 Å². The van der Waals surface area contributed by atoms with Crippen molar-refractivity contribution in [2.45, 2.75) is 53.2 Å². The lowest BCUT2D eigenvalue weighted by Crippen LogP contribution is -2.42. The van der Waals surface area contributed by atoms with Gasteiger partial charge in [0.25, 0.3) is 0 Å². The zero-order valence-electron chi connectivity index (χ0n) is 8.83. The number of rotatable bonds is 4. The van der Waals surface area contributed by atoms with Crippen LogP contribution in [-0.2, 0) is 0 Å². The molecule has 0 saturated carbocycles. The topological polar surface area (TPSA) is 40.5 Å². The molecule has 12 heavy (non-hydrogen) atoms. The van der Waals surface area contributed by atoms with Gasteiger partial charge in [0.15, 0.2) is 0 Å². The van der Waals surface area contributed by atoms with Crippen molar-refractivity contribution >= 4 is 0 Å². The van der Waals surface area contributed by atoms with Crippen LogP contribution in [0.1, 0.15) is 41.0 Å². The molecule has 0 aromatic heterocycles. The van der Waals surface area contributed by atoms with E-state index in [4.69, 9.17) is 0 Å². The van der Waals surface area contributed by atoms with Gasteiger partial charge in [-0.2, -0.15) is 0 Å². The Balaban J connectivity index is 4.37. The SMILES string of the molecule is CCC(O)C(C)(C)C(O)C(C)C. The number of hydrogen-bond acceptors (Lipinski definition) is 2. The molecule has 0 amide bonds. The zero-order valence-corrected chi connectivity index (χ0v) is 8.83. The van der Waals surface area contributed by atoms with Gasteiger partial charge in [-0.15, -0.1) is 0 Å². The molecule has 0 aliphatic rings. The Morgan fingerprint density at radius 1 is 1.17 bits per heavy atom. The van der Waals surface area contributed by atoms with Crippen LogP contribution < -0.4 is 0 Å². The van der Waals surface area contributed by atoms with Gasteiger partial charge in [-0.25, -0.2) is 0 Å². The molecule has 0 fully saturated rings. The molecule has 2 nitrogen and oxygen atoms in total. The maximum atomic E-state index is 9.80. The molecule has 2 N–H and O–H groups in total. The van der Waals surface area contributed by atoms with E-state index >= 15 is 0 Å². The van der Waals surface area contributed by atoms with Crippen molar-refractivity contribution in [1.29, 1.82) is 0 Å². The fourth-order valence-corrected chi connectivity index (χ4v) is 1.58. The predicted octanol–water partition coefficient (Wildman–Crippen LogP) is 1.80. The minimum atomic E-state index is -0.438. The Morgan fingerprint density at radius 3 is 1.83 bits per heavy atom. The van der Waals surface area contributed by atoms with E-state index in [1.807, 2.05) is 34.6 Å². The molecule has 0 saturated heterocycles. The standard InChI is InChI=1S/C10H22O2/c1-6-8(11)10(4,5)9(12)7(2)3/h7-9,11-12H,6H2,1-5H3. The van der Waals surface area contributed by atoms with Crippen molar-refractivity contribution < 1.29 is 10.2 Å². The number of aliphatic hydroxyl groups excluding tert-OH is 2. The maximum absolute atomic E-state index is 9.80. The molecule has 0 aromatic carbocycles. The van der Waals surface area contributed by atoms with Crippen molar-refractivity contribution in [2.24, 2.45) is 11.3 Å². The average molecular weight is 174 g/mol. The Kier molecular flexibility index (Phi) is 4.21. The summed E-state index contributed by atoms with van der Waals surface area (Å²) < 4.78 is 0. The normalized spacial score (nSPS) is 18.0. The average Bonchev–Trinajstić information content (AvgIpc) is 2.01. The summed E-state index contributed by atoms with van der Waals surface area (Å²) in [6.07, 6.45) is -0.168. The Morgan fingerprint density at radius 2 is 1.58 bits per heavy atom. The van der Waals surface area contributed by atoms with E-state index < -0.39 is 17.6 Å². The van der Waals surface area contributed by atoms with Crippen LogP contribution in [0.25, 0.3) is 0 Å². The van der Waals surface area contributed by atoms with Crippen molar-refractivity contribution in [2.75, 3.05) is 0 Å². The molecule has 2 atom stereocenters. The lowest BCUT2D eigenvalue weighted by molar-refractivity contribution is -0.0685. The summed E-state index contributed by atoms with van der Waals surface area (Å²) in [4.78, 5) is 0. The zero-order chi connectivity index (χ0) is 9.94. The van der Waals surface area contributed by atoms with Crippen LogP contribution in [-0.4, -0.2) is 22.4 Å². The highest BCUT2D eigenvalue weighted by molar-refractivity contribution is 4.85. The van der Waals surface area contributed by atoms with Gasteiger partial charge in [0.05, 0.1) is 12.2 Å². The summed E-state index contributed by atoms with van der Waals surface area (Å²) in [7, 11) is 0. The number of hydrogen-bond donors (Lipinski definition) is 2. The smallest absolute Gasteiger partial charge is 0.0638 e. The van der Waals surface area contributed by atoms with Gasteiger partial charge in [0.1, 0.15) is 0 Å². The fraction of sp³-hybridized carbons (Fsp3) is 1.00. The van der Waals surface area contributed by atoms with Crippen LogP contribution in [0.2, 0.25) is 0 Å². The molecule has 0 bridgehead atoms. The second-order valence-corrected chi connectivity index (χ2v) is 4.43. The summed E-state index contributed by atoms with van der Waals surface area (Å²) in [5.41, 5.74) is -0.400. The van der Waals surface area contributed by atoms with E-state index in [0.29, 0.717) is 6.42 Å². The second-order valence-electron chi connectivity index (χ2n) is 4.43. The van der Waals surface area contributed by atoms with Crippen LogP contribution in [0.4, 0.5) is 0 Å². The van der Waals surface area contributed by atoms with E-state index in [2.05, 4.69) is 0 Å². The highest BCUT2D eigenvalue weighted by Crippen LogP contribution is 2.31. The first kappa shape index (κ1) is 11.9. The Hall–Kier alpha value is -0.0800. The third-order valence-corrected chi connectivity index (χ3v) is 2.64. The number of aliphatic hydroxyl groups is 2. The highest BCUT2D eigenvalue weighted by Gasteiger charge is 2.35. The highest BCUT2D eigenvalue weighted by atomic mass is 16.3. The van der Waals surface area contributed by atoms with Gasteiger partial charge < -0.3 is 10.2 Å². The van der Waals surface area contributed by atoms with E-state index in [1.54, 1.807) is 0 Å². The molecular weight excluding hydrogens is 152 g/mol. The second kappa shape index (κ2) is 4.24. The van der Waals surface area contributed by atoms with Gasteiger partial charge >= 0.3 is 0 Å². The van der Waals surface area contributed by atoms with E-state index in [0.717, 1.165) is 0 Å². The molecule has 0 aliphatic carbocycles. The first-order chi connectivity index (χ1) is 5.34. The quantitative estimate of drug-likeness (QED) is 0.682. The summed E-state index contributed by atoms with van der Waals surface area (Å²) in [6.45, 7) is 9.68. The van der Waals surface area contributed by atoms with Crippen LogP contribution in [0.15, 0.2) is 0 Å². The predicted molar refractivity (Wildman–Crippen MR) is 50.9 cm³/mol. The minimum absolute atomic E-state index is 0.196. The molecule has 0 aliphatic heterocycles. The monoisotopic (exact) mass is 174 g/mol. The minimum Gasteiger partial charge on any atom is -0.392 e. The van der Waals surface area contributed by atoms with Gasteiger partial charge in [-0.1, -0.05) is 34.6 Å². The molecule has 74 valence electrons. The first-order valence-electron chi connectivity index (χ1n) is 4.70. The molecule has 0 radical (unpaired) electrons. The molecule has 0 rings (SSSR count). The van der Waals surface area contributed by atoms with Crippen LogP contribution in [0.3, 0.4) is 0 Å². The lowest BCUT2D eigenvalue weighted by Gasteiger charge is -2.37. The molecule has 0 heterocycles. The Labute approximate surface area is 75.6 Å². The lowest BCUT2D eigenvalue weighted by atomic mass is 9.75. The fourth-order valence-electron chi connectivity index (χ4n) is 1.58. The van der Waals surface area contributed by atoms with E-state index in [1.165, 1.54) is 0 Å². The summed E-state index contributed by atoms with van der Waals surface area (Å²) >= 11 is 0. The van der Waals surface area contributed by atoms with E-state index in [9.17, 15) is 10.2 Å². The summed E-state index contributed by atoms with van der Waals surface area (Å²) in [5.74, 6) is 0.196. The van der Waals surface area contributed by atoms with Gasteiger partial charge in [0.2, 0.25) is 0 Å². The van der Waals surface area contributed by atoms with Gasteiger partial charge in [0, 0.05) is 5.41 Å². The first-order valence-corrected chi connectivity index (χ1v) is 4.70. The van der Waals surface area contributed by atoms with Gasteiger partial charge in [-0.3, -0.25) is 0 Å². The third kappa shape index (κ3) is 2.46. The summed E-state index contributed by atoms with van der Waals surface area (Å²) in [6, 6.07) is 0. The third-order valence-electron chi connectivity index (χ3n) is 2.64. The van der Waals surface area contributed by atoms with Gasteiger partial charge in [-0.05, 0) is 12.3 Å². The Bertz CT molecular complexity index is 130. The molecule has 0 aromatic rings.